The Hall–Kier alpha value is -3.80. The van der Waals surface area contributed by atoms with E-state index < -0.39 is 11.9 Å². The number of hydrogen-bond acceptors (Lipinski definition) is 9. The minimum Gasteiger partial charge on any atom is -0.507 e. The lowest BCUT2D eigenvalue weighted by atomic mass is 10.0. The predicted octanol–water partition coefficient (Wildman–Crippen LogP) is 3.33. The molecule has 0 atom stereocenters. The summed E-state index contributed by atoms with van der Waals surface area (Å²) in [5.41, 5.74) is 3.07. The van der Waals surface area contributed by atoms with E-state index in [1.807, 2.05) is 31.2 Å². The zero-order valence-corrected chi connectivity index (χ0v) is 20.2. The molecule has 0 spiro atoms. The van der Waals surface area contributed by atoms with Crippen molar-refractivity contribution in [1.82, 2.24) is 9.88 Å². The van der Waals surface area contributed by atoms with Gasteiger partial charge in [0, 0.05) is 19.6 Å². The van der Waals surface area contributed by atoms with Crippen molar-refractivity contribution in [2.75, 3.05) is 26.3 Å². The van der Waals surface area contributed by atoms with E-state index >= 15 is 0 Å². The van der Waals surface area contributed by atoms with Crippen molar-refractivity contribution in [3.63, 3.8) is 0 Å². The molecule has 1 fully saturated rings. The zero-order chi connectivity index (χ0) is 25.8. The van der Waals surface area contributed by atoms with Gasteiger partial charge < -0.3 is 24.5 Å². The van der Waals surface area contributed by atoms with E-state index in [1.165, 1.54) is 17.6 Å². The fraction of sp³-hybridized carbons (Fsp3) is 0.280. The Bertz CT molecular complexity index is 1440. The first-order valence-corrected chi connectivity index (χ1v) is 12.0. The van der Waals surface area contributed by atoms with E-state index in [-0.39, 0.29) is 11.2 Å². The minimum absolute atomic E-state index is 0.117. The molecule has 5 rings (SSSR count). The number of carboxylic acids is 2. The summed E-state index contributed by atoms with van der Waals surface area (Å²) < 4.78 is 12.4. The van der Waals surface area contributed by atoms with Gasteiger partial charge in [-0.3, -0.25) is 9.69 Å². The van der Waals surface area contributed by atoms with E-state index in [0.29, 0.717) is 53.3 Å². The lowest BCUT2D eigenvalue weighted by molar-refractivity contribution is -0.159. The number of fused-ring (bicyclic) bond motifs is 2. The summed E-state index contributed by atoms with van der Waals surface area (Å²) in [5.74, 6) is -3.43. The molecule has 3 heterocycles. The number of morpholine rings is 1. The molecule has 0 bridgehead atoms. The van der Waals surface area contributed by atoms with Gasteiger partial charge in [-0.15, -0.1) is 11.3 Å². The molecule has 2 aromatic carbocycles. The average molecular weight is 513 g/mol. The van der Waals surface area contributed by atoms with E-state index in [2.05, 4.69) is 9.88 Å². The quantitative estimate of drug-likeness (QED) is 0.347. The van der Waals surface area contributed by atoms with Crippen LogP contribution in [-0.4, -0.2) is 63.4 Å². The van der Waals surface area contributed by atoms with Crippen LogP contribution in [0.1, 0.15) is 18.1 Å². The highest BCUT2D eigenvalue weighted by molar-refractivity contribution is 7.21. The van der Waals surface area contributed by atoms with Crippen LogP contribution in [0.3, 0.4) is 0 Å². The Morgan fingerprint density at radius 2 is 1.83 bits per heavy atom. The van der Waals surface area contributed by atoms with Crippen molar-refractivity contribution in [1.29, 1.82) is 0 Å². The smallest absolute Gasteiger partial charge is 0.414 e. The molecule has 1 aliphatic rings. The summed E-state index contributed by atoms with van der Waals surface area (Å²) in [7, 11) is 0. The summed E-state index contributed by atoms with van der Waals surface area (Å²) in [6, 6.07) is 9.58. The molecule has 36 heavy (non-hydrogen) atoms. The number of para-hydroxylation sites is 1. The first kappa shape index (κ1) is 25.3. The molecular weight excluding hydrogens is 488 g/mol. The van der Waals surface area contributed by atoms with Gasteiger partial charge in [0.1, 0.15) is 22.6 Å². The number of phenols is 1. The number of benzene rings is 2. The lowest BCUT2D eigenvalue weighted by Crippen LogP contribution is -2.35. The first-order chi connectivity index (χ1) is 17.3. The SMILES string of the molecule is CCc1cc2c(=O)c(-c3nc4ccccc4s3)coc2c(CN2CCOCC2)c1O.O=C(O)C(=O)O. The van der Waals surface area contributed by atoms with Crippen molar-refractivity contribution < 1.29 is 34.1 Å². The van der Waals surface area contributed by atoms with Crippen LogP contribution in [0, 0.1) is 0 Å². The van der Waals surface area contributed by atoms with Gasteiger partial charge >= 0.3 is 11.9 Å². The van der Waals surface area contributed by atoms with Crippen LogP contribution in [0.25, 0.3) is 31.8 Å². The van der Waals surface area contributed by atoms with Crippen LogP contribution in [0.4, 0.5) is 0 Å². The number of aromatic hydroxyl groups is 1. The van der Waals surface area contributed by atoms with E-state index in [1.54, 1.807) is 6.07 Å². The number of carboxylic acid groups (broad SMARTS) is 2. The van der Waals surface area contributed by atoms with Gasteiger partial charge in [0.2, 0.25) is 5.43 Å². The van der Waals surface area contributed by atoms with Gasteiger partial charge in [-0.2, -0.15) is 0 Å². The molecule has 0 saturated carbocycles. The van der Waals surface area contributed by atoms with Gasteiger partial charge in [-0.1, -0.05) is 19.1 Å². The molecule has 0 amide bonds. The molecule has 0 unspecified atom stereocenters. The third-order valence-electron chi connectivity index (χ3n) is 5.78. The van der Waals surface area contributed by atoms with Crippen molar-refractivity contribution in [3.8, 4) is 16.3 Å². The standard InChI is InChI=1S/C23H22N2O4S.C2H2O4/c1-2-14-11-15-21(27)17(23-24-18-5-3-4-6-19(18)30-23)13-29-22(15)16(20(14)26)12-25-7-9-28-10-8-25;3-1(4)2(5)6/h3-6,11,13,26H,2,7-10,12H2,1H3;(H,3,4)(H,5,6). The average Bonchev–Trinajstić information content (AvgIpc) is 3.31. The monoisotopic (exact) mass is 512 g/mol. The number of ether oxygens (including phenoxy) is 1. The summed E-state index contributed by atoms with van der Waals surface area (Å²) >= 11 is 1.48. The van der Waals surface area contributed by atoms with Gasteiger partial charge in [-0.25, -0.2) is 14.6 Å². The highest BCUT2D eigenvalue weighted by atomic mass is 32.1. The first-order valence-electron chi connectivity index (χ1n) is 11.2. The number of nitrogens with zero attached hydrogens (tertiary/aromatic N) is 2. The van der Waals surface area contributed by atoms with Gasteiger partial charge in [0.15, 0.2) is 0 Å². The highest BCUT2D eigenvalue weighted by Gasteiger charge is 2.22. The number of thiazole rings is 1. The Morgan fingerprint density at radius 3 is 2.47 bits per heavy atom. The van der Waals surface area contributed by atoms with Crippen molar-refractivity contribution in [2.45, 2.75) is 19.9 Å². The Balaban J connectivity index is 0.000000455. The van der Waals surface area contributed by atoms with Crippen LogP contribution in [0.5, 0.6) is 5.75 Å². The van der Waals surface area contributed by atoms with Crippen LogP contribution < -0.4 is 5.43 Å². The summed E-state index contributed by atoms with van der Waals surface area (Å²) in [5, 5.41) is 26.8. The molecule has 11 heteroatoms. The Labute approximate surface area is 209 Å². The molecule has 1 aliphatic heterocycles. The number of carbonyl (C=O) groups is 2. The Kier molecular flexibility index (Phi) is 7.63. The summed E-state index contributed by atoms with van der Waals surface area (Å²) in [6.45, 7) is 5.38. The summed E-state index contributed by atoms with van der Waals surface area (Å²) in [6.07, 6.45) is 2.11. The van der Waals surface area contributed by atoms with Crippen LogP contribution in [-0.2, 0) is 27.3 Å². The maximum Gasteiger partial charge on any atom is 0.414 e. The molecular formula is C25H24N2O8S. The molecule has 188 valence electrons. The van der Waals surface area contributed by atoms with Crippen LogP contribution >= 0.6 is 11.3 Å². The zero-order valence-electron chi connectivity index (χ0n) is 19.4. The summed E-state index contributed by atoms with van der Waals surface area (Å²) in [4.78, 5) is 38.4. The van der Waals surface area contributed by atoms with Crippen molar-refractivity contribution in [2.24, 2.45) is 0 Å². The van der Waals surface area contributed by atoms with Crippen LogP contribution in [0.2, 0.25) is 0 Å². The second kappa shape index (κ2) is 10.9. The fourth-order valence-electron chi connectivity index (χ4n) is 3.93. The van der Waals surface area contributed by atoms with E-state index in [9.17, 15) is 9.90 Å². The third-order valence-corrected chi connectivity index (χ3v) is 6.85. The number of aryl methyl sites for hydroxylation is 1. The Morgan fingerprint density at radius 1 is 1.14 bits per heavy atom. The molecule has 0 radical (unpaired) electrons. The number of aromatic nitrogens is 1. The number of aliphatic carboxylic acids is 2. The minimum atomic E-state index is -1.82. The topological polar surface area (TPSA) is 150 Å². The fourth-order valence-corrected chi connectivity index (χ4v) is 4.89. The number of rotatable bonds is 4. The maximum atomic E-state index is 13.4. The van der Waals surface area contributed by atoms with Gasteiger partial charge in [0.05, 0.1) is 39.9 Å². The lowest BCUT2D eigenvalue weighted by Gasteiger charge is -2.27. The molecule has 2 aromatic heterocycles. The number of hydrogen-bond donors (Lipinski definition) is 3. The molecule has 3 N–H and O–H groups in total. The second-order valence-corrected chi connectivity index (χ2v) is 9.09. The number of phenolic OH excluding ortho intramolecular Hbond substituents is 1. The predicted molar refractivity (Wildman–Crippen MR) is 134 cm³/mol. The maximum absolute atomic E-state index is 13.4. The molecule has 10 nitrogen and oxygen atoms in total. The van der Waals surface area contributed by atoms with Crippen molar-refractivity contribution in [3.05, 3.63) is 57.9 Å². The normalized spacial score (nSPS) is 13.9. The van der Waals surface area contributed by atoms with Gasteiger partial charge in [-0.05, 0) is 30.2 Å². The van der Waals surface area contributed by atoms with Gasteiger partial charge in [0.25, 0.3) is 0 Å². The van der Waals surface area contributed by atoms with Crippen LogP contribution in [0.15, 0.2) is 45.8 Å². The second-order valence-electron chi connectivity index (χ2n) is 8.06. The molecule has 1 saturated heterocycles. The van der Waals surface area contributed by atoms with Crippen molar-refractivity contribution >= 4 is 44.5 Å². The van der Waals surface area contributed by atoms with E-state index in [4.69, 9.17) is 29.0 Å². The van der Waals surface area contributed by atoms with E-state index in [0.717, 1.165) is 28.9 Å². The highest BCUT2D eigenvalue weighted by Crippen LogP contribution is 2.34. The molecule has 4 aromatic rings. The largest absolute Gasteiger partial charge is 0.507 e. The molecule has 0 aliphatic carbocycles. The third kappa shape index (κ3) is 5.23.